The van der Waals surface area contributed by atoms with Crippen LogP contribution in [0.2, 0.25) is 0 Å². The van der Waals surface area contributed by atoms with Crippen molar-refractivity contribution in [3.8, 4) is 6.07 Å². The summed E-state index contributed by atoms with van der Waals surface area (Å²) in [6, 6.07) is 15.5. The molecule has 30 heavy (non-hydrogen) atoms. The Labute approximate surface area is 175 Å². The number of nitriles is 1. The molecule has 0 aliphatic heterocycles. The summed E-state index contributed by atoms with van der Waals surface area (Å²) >= 11 is 0. The number of hydrogen-bond donors (Lipinski definition) is 2. The molecule has 1 amide bonds. The van der Waals surface area contributed by atoms with E-state index in [-0.39, 0.29) is 18.3 Å². The molecule has 2 aromatic carbocycles. The van der Waals surface area contributed by atoms with Gasteiger partial charge < -0.3 is 15.0 Å². The number of nitrogens with one attached hydrogen (secondary N) is 2. The maximum Gasteiger partial charge on any atom is 0.310 e. The molecule has 0 radical (unpaired) electrons. The predicted molar refractivity (Wildman–Crippen MR) is 115 cm³/mol. The topological polar surface area (TPSA) is 95.0 Å². The number of carbonyl (C=O) groups excluding carboxylic acids is 2. The number of H-pyrrole nitrogens is 1. The van der Waals surface area contributed by atoms with E-state index >= 15 is 0 Å². The van der Waals surface area contributed by atoms with E-state index in [2.05, 4.69) is 16.4 Å². The van der Waals surface area contributed by atoms with Gasteiger partial charge in [-0.25, -0.2) is 0 Å². The average molecular weight is 401 g/mol. The van der Waals surface area contributed by atoms with Gasteiger partial charge in [-0.15, -0.1) is 0 Å². The van der Waals surface area contributed by atoms with Crippen LogP contribution in [0.4, 0.5) is 0 Å². The van der Waals surface area contributed by atoms with Gasteiger partial charge in [0.1, 0.15) is 0 Å². The Hall–Kier alpha value is -3.85. The Kier molecular flexibility index (Phi) is 7.01. The van der Waals surface area contributed by atoms with Crippen molar-refractivity contribution in [3.63, 3.8) is 0 Å². The molecule has 0 aliphatic rings. The molecule has 2 N–H and O–H groups in total. The van der Waals surface area contributed by atoms with Crippen LogP contribution in [-0.4, -0.2) is 23.5 Å². The Morgan fingerprint density at radius 3 is 2.67 bits per heavy atom. The van der Waals surface area contributed by atoms with E-state index < -0.39 is 0 Å². The van der Waals surface area contributed by atoms with E-state index in [0.717, 1.165) is 33.2 Å². The summed E-state index contributed by atoms with van der Waals surface area (Å²) in [4.78, 5) is 26.8. The lowest BCUT2D eigenvalue weighted by Crippen LogP contribution is -2.20. The molecule has 0 fully saturated rings. The molecule has 6 heteroatoms. The second-order valence-electron chi connectivity index (χ2n) is 6.80. The van der Waals surface area contributed by atoms with Crippen LogP contribution in [0.3, 0.4) is 0 Å². The summed E-state index contributed by atoms with van der Waals surface area (Å²) in [6.45, 7) is 2.55. The number of aromatic amines is 1. The first-order valence-electron chi connectivity index (χ1n) is 9.75. The van der Waals surface area contributed by atoms with Crippen molar-refractivity contribution >= 4 is 28.9 Å². The lowest BCUT2D eigenvalue weighted by atomic mass is 10.1. The molecule has 152 valence electrons. The molecular weight excluding hydrogens is 378 g/mol. The number of esters is 1. The smallest absolute Gasteiger partial charge is 0.310 e. The van der Waals surface area contributed by atoms with Gasteiger partial charge in [-0.2, -0.15) is 5.26 Å². The monoisotopic (exact) mass is 401 g/mol. The summed E-state index contributed by atoms with van der Waals surface area (Å²) in [5, 5.41) is 12.8. The van der Waals surface area contributed by atoms with Crippen molar-refractivity contribution in [2.75, 3.05) is 6.61 Å². The minimum Gasteiger partial charge on any atom is -0.466 e. The largest absolute Gasteiger partial charge is 0.466 e. The van der Waals surface area contributed by atoms with Gasteiger partial charge in [0.15, 0.2) is 0 Å². The van der Waals surface area contributed by atoms with Crippen LogP contribution in [-0.2, 0) is 33.7 Å². The summed E-state index contributed by atoms with van der Waals surface area (Å²) in [6.07, 6.45) is 5.66. The highest BCUT2D eigenvalue weighted by molar-refractivity contribution is 5.93. The molecule has 1 heterocycles. The van der Waals surface area contributed by atoms with E-state index in [1.165, 1.54) is 6.08 Å². The van der Waals surface area contributed by atoms with Gasteiger partial charge in [-0.05, 0) is 47.4 Å². The van der Waals surface area contributed by atoms with Gasteiger partial charge in [-0.3, -0.25) is 9.59 Å². The minimum atomic E-state index is -0.249. The number of rotatable bonds is 8. The Balaban J connectivity index is 1.55. The highest BCUT2D eigenvalue weighted by atomic mass is 16.5. The maximum atomic E-state index is 12.1. The number of aromatic nitrogens is 1. The molecule has 1 aromatic heterocycles. The fraction of sp³-hybridized carbons (Fsp3) is 0.208. The number of benzene rings is 2. The normalized spacial score (nSPS) is 10.8. The Morgan fingerprint density at radius 2 is 1.93 bits per heavy atom. The zero-order valence-electron chi connectivity index (χ0n) is 16.8. The second-order valence-corrected chi connectivity index (χ2v) is 6.80. The predicted octanol–water partition coefficient (Wildman–Crippen LogP) is 3.67. The van der Waals surface area contributed by atoms with Gasteiger partial charge >= 0.3 is 5.97 Å². The number of amides is 1. The second kappa shape index (κ2) is 10.1. The van der Waals surface area contributed by atoms with E-state index in [4.69, 9.17) is 10.00 Å². The van der Waals surface area contributed by atoms with Gasteiger partial charge in [-0.1, -0.05) is 30.3 Å². The summed E-state index contributed by atoms with van der Waals surface area (Å²) in [5.74, 6) is -0.446. The Morgan fingerprint density at radius 1 is 1.17 bits per heavy atom. The third-order valence-corrected chi connectivity index (χ3v) is 4.63. The van der Waals surface area contributed by atoms with Crippen LogP contribution >= 0.6 is 0 Å². The van der Waals surface area contributed by atoms with E-state index in [1.54, 1.807) is 13.0 Å². The third kappa shape index (κ3) is 5.58. The first-order chi connectivity index (χ1) is 14.6. The molecule has 0 spiro atoms. The number of carbonyl (C=O) groups is 2. The number of nitrogens with zero attached hydrogens (tertiary/aromatic N) is 1. The van der Waals surface area contributed by atoms with Crippen molar-refractivity contribution in [3.05, 3.63) is 77.0 Å². The van der Waals surface area contributed by atoms with Crippen LogP contribution in [0.5, 0.6) is 0 Å². The standard InChI is InChI=1S/C24H23N3O3/c1-2-30-24(29)14-18-3-5-19(6-4-18)15-27-23(28)10-8-17-7-9-22-21(13-17)20(11-12-25)16-26-22/h3-10,13,16,26H,2,11,14-15H2,1H3,(H,27,28). The highest BCUT2D eigenvalue weighted by Crippen LogP contribution is 2.21. The molecule has 6 nitrogen and oxygen atoms in total. The molecule has 0 unspecified atom stereocenters. The van der Waals surface area contributed by atoms with Crippen molar-refractivity contribution in [2.45, 2.75) is 26.3 Å². The molecule has 0 aliphatic carbocycles. The van der Waals surface area contributed by atoms with Crippen molar-refractivity contribution in [1.82, 2.24) is 10.3 Å². The lowest BCUT2D eigenvalue weighted by molar-refractivity contribution is -0.142. The molecule has 0 saturated carbocycles. The van der Waals surface area contributed by atoms with E-state index in [9.17, 15) is 9.59 Å². The zero-order valence-corrected chi connectivity index (χ0v) is 16.8. The summed E-state index contributed by atoms with van der Waals surface area (Å²) < 4.78 is 4.94. The lowest BCUT2D eigenvalue weighted by Gasteiger charge is -2.05. The van der Waals surface area contributed by atoms with Gasteiger partial charge in [0, 0.05) is 29.7 Å². The zero-order chi connectivity index (χ0) is 21.3. The van der Waals surface area contributed by atoms with Gasteiger partial charge in [0.2, 0.25) is 5.91 Å². The van der Waals surface area contributed by atoms with Crippen molar-refractivity contribution in [1.29, 1.82) is 5.26 Å². The number of ether oxygens (including phenoxy) is 1. The first-order valence-corrected chi connectivity index (χ1v) is 9.75. The first kappa shape index (κ1) is 20.9. The highest BCUT2D eigenvalue weighted by Gasteiger charge is 2.05. The van der Waals surface area contributed by atoms with E-state index in [0.29, 0.717) is 19.6 Å². The molecule has 3 rings (SSSR count). The molecular formula is C24H23N3O3. The van der Waals surface area contributed by atoms with Crippen LogP contribution in [0.25, 0.3) is 17.0 Å². The molecule has 0 bridgehead atoms. The van der Waals surface area contributed by atoms with Crippen molar-refractivity contribution < 1.29 is 14.3 Å². The SMILES string of the molecule is CCOC(=O)Cc1ccc(CNC(=O)C=Cc2ccc3[nH]cc(CC#N)c3c2)cc1. The summed E-state index contributed by atoms with van der Waals surface area (Å²) in [5.41, 5.74) is 4.62. The average Bonchev–Trinajstić information content (AvgIpc) is 3.14. The molecule has 0 saturated heterocycles. The number of fused-ring (bicyclic) bond motifs is 1. The number of hydrogen-bond acceptors (Lipinski definition) is 4. The van der Waals surface area contributed by atoms with Crippen LogP contribution in [0.1, 0.15) is 29.2 Å². The van der Waals surface area contributed by atoms with Crippen LogP contribution < -0.4 is 5.32 Å². The third-order valence-electron chi connectivity index (χ3n) is 4.63. The Bertz CT molecular complexity index is 1100. The molecule has 0 atom stereocenters. The van der Waals surface area contributed by atoms with Crippen molar-refractivity contribution in [2.24, 2.45) is 0 Å². The molecule has 3 aromatic rings. The van der Waals surface area contributed by atoms with Crippen LogP contribution in [0.15, 0.2) is 54.7 Å². The van der Waals surface area contributed by atoms with Gasteiger partial charge in [0.25, 0.3) is 0 Å². The maximum absolute atomic E-state index is 12.1. The fourth-order valence-corrected chi connectivity index (χ4v) is 3.10. The fourth-order valence-electron chi connectivity index (χ4n) is 3.10. The van der Waals surface area contributed by atoms with E-state index in [1.807, 2.05) is 48.7 Å². The quantitative estimate of drug-likeness (QED) is 0.445. The van der Waals surface area contributed by atoms with Crippen LogP contribution in [0, 0.1) is 11.3 Å². The van der Waals surface area contributed by atoms with Gasteiger partial charge in [0.05, 0.1) is 25.5 Å². The summed E-state index contributed by atoms with van der Waals surface area (Å²) in [7, 11) is 0. The minimum absolute atomic E-state index is 0.197.